The van der Waals surface area contributed by atoms with Crippen LogP contribution in [0.3, 0.4) is 0 Å². The van der Waals surface area contributed by atoms with Gasteiger partial charge in [-0.05, 0) is 56.0 Å². The molecule has 2 heterocycles. The monoisotopic (exact) mass is 491 g/mol. The Labute approximate surface area is 197 Å². The van der Waals surface area contributed by atoms with Gasteiger partial charge in [0.2, 0.25) is 15.9 Å². The highest BCUT2D eigenvalue weighted by Gasteiger charge is 2.36. The van der Waals surface area contributed by atoms with Crippen LogP contribution in [0, 0.1) is 17.6 Å². The number of sulfonamides is 1. The number of hydrogen-bond acceptors (Lipinski definition) is 4. The van der Waals surface area contributed by atoms with Gasteiger partial charge < -0.3 is 10.2 Å². The molecule has 0 unspecified atom stereocenters. The number of rotatable bonds is 5. The Morgan fingerprint density at radius 2 is 1.53 bits per heavy atom. The summed E-state index contributed by atoms with van der Waals surface area (Å²) in [5.74, 6) is -2.30. The molecule has 2 amide bonds. The quantitative estimate of drug-likeness (QED) is 0.697. The van der Waals surface area contributed by atoms with Gasteiger partial charge in [0.1, 0.15) is 16.5 Å². The normalized spacial score (nSPS) is 18.6. The Hall–Kier alpha value is -2.85. The molecule has 0 atom stereocenters. The summed E-state index contributed by atoms with van der Waals surface area (Å²) in [6.45, 7) is 1.17. The smallest absolute Gasteiger partial charge is 0.251 e. The van der Waals surface area contributed by atoms with E-state index in [1.165, 1.54) is 0 Å². The number of nitrogens with zero attached hydrogens (tertiary/aromatic N) is 2. The fourth-order valence-corrected chi connectivity index (χ4v) is 6.06. The summed E-state index contributed by atoms with van der Waals surface area (Å²) in [6.07, 6.45) is 1.94. The Bertz CT molecular complexity index is 1140. The van der Waals surface area contributed by atoms with E-state index in [2.05, 4.69) is 5.32 Å². The van der Waals surface area contributed by atoms with Crippen molar-refractivity contribution in [1.82, 2.24) is 14.5 Å². The summed E-state index contributed by atoms with van der Waals surface area (Å²) in [5.41, 5.74) is 0.598. The van der Waals surface area contributed by atoms with Crippen LogP contribution >= 0.6 is 0 Å². The number of benzene rings is 2. The zero-order valence-corrected chi connectivity index (χ0v) is 19.4. The van der Waals surface area contributed by atoms with Crippen molar-refractivity contribution in [1.29, 1.82) is 0 Å². The van der Waals surface area contributed by atoms with Crippen LogP contribution in [0.4, 0.5) is 8.78 Å². The number of amides is 2. The Morgan fingerprint density at radius 1 is 0.882 bits per heavy atom. The van der Waals surface area contributed by atoms with E-state index in [4.69, 9.17) is 0 Å². The standard InChI is InChI=1S/C24H27F2N3O4S/c25-19-6-7-21(26)22(16-19)34(32,33)29-14-8-18(9-15-29)24(31)28-12-10-20(11-13-28)27-23(30)17-4-2-1-3-5-17/h1-7,16,18,20H,8-15H2,(H,27,30). The molecule has 0 aliphatic carbocycles. The summed E-state index contributed by atoms with van der Waals surface area (Å²) in [7, 11) is -4.18. The third-order valence-corrected chi connectivity index (χ3v) is 8.41. The highest BCUT2D eigenvalue weighted by molar-refractivity contribution is 7.89. The van der Waals surface area contributed by atoms with E-state index in [-0.39, 0.29) is 36.9 Å². The van der Waals surface area contributed by atoms with Crippen molar-refractivity contribution in [2.24, 2.45) is 5.92 Å². The minimum absolute atomic E-state index is 0.00934. The first-order chi connectivity index (χ1) is 16.3. The molecule has 182 valence electrons. The molecule has 0 spiro atoms. The van der Waals surface area contributed by atoms with Crippen LogP contribution in [-0.4, -0.2) is 61.7 Å². The fourth-order valence-electron chi connectivity index (χ4n) is 4.52. The molecule has 2 aromatic carbocycles. The maximum atomic E-state index is 14.0. The Kier molecular flexibility index (Phi) is 7.27. The second-order valence-corrected chi connectivity index (χ2v) is 10.6. The van der Waals surface area contributed by atoms with Crippen LogP contribution in [0.15, 0.2) is 53.4 Å². The van der Waals surface area contributed by atoms with Crippen molar-refractivity contribution in [2.45, 2.75) is 36.6 Å². The highest BCUT2D eigenvalue weighted by atomic mass is 32.2. The topological polar surface area (TPSA) is 86.8 Å². The summed E-state index contributed by atoms with van der Waals surface area (Å²) in [4.78, 5) is 26.4. The summed E-state index contributed by atoms with van der Waals surface area (Å²) >= 11 is 0. The third kappa shape index (κ3) is 5.28. The lowest BCUT2D eigenvalue weighted by Gasteiger charge is -2.37. The van der Waals surface area contributed by atoms with E-state index in [9.17, 15) is 26.8 Å². The molecule has 0 saturated carbocycles. The first-order valence-electron chi connectivity index (χ1n) is 11.4. The summed E-state index contributed by atoms with van der Waals surface area (Å²) in [6, 6.07) is 11.3. The van der Waals surface area contributed by atoms with Crippen LogP contribution in [-0.2, 0) is 14.8 Å². The van der Waals surface area contributed by atoms with Crippen LogP contribution < -0.4 is 5.32 Å². The van der Waals surface area contributed by atoms with E-state index in [1.54, 1.807) is 29.2 Å². The molecule has 7 nitrogen and oxygen atoms in total. The number of hydrogen-bond donors (Lipinski definition) is 1. The van der Waals surface area contributed by atoms with Gasteiger partial charge in [0, 0.05) is 43.7 Å². The lowest BCUT2D eigenvalue weighted by Crippen LogP contribution is -2.50. The predicted molar refractivity (Wildman–Crippen MR) is 121 cm³/mol. The SMILES string of the molecule is O=C(NC1CCN(C(=O)C2CCN(S(=O)(=O)c3cc(F)ccc3F)CC2)CC1)c1ccccc1. The highest BCUT2D eigenvalue weighted by Crippen LogP contribution is 2.27. The van der Waals surface area contributed by atoms with Gasteiger partial charge in [0.25, 0.3) is 5.91 Å². The zero-order valence-electron chi connectivity index (χ0n) is 18.6. The molecular weight excluding hydrogens is 464 g/mol. The van der Waals surface area contributed by atoms with Crippen LogP contribution in [0.2, 0.25) is 0 Å². The molecule has 0 aromatic heterocycles. The average molecular weight is 492 g/mol. The molecule has 34 heavy (non-hydrogen) atoms. The van der Waals surface area contributed by atoms with Crippen molar-refractivity contribution >= 4 is 21.8 Å². The molecule has 2 aromatic rings. The lowest BCUT2D eigenvalue weighted by molar-refractivity contribution is -0.137. The van der Waals surface area contributed by atoms with E-state index in [1.807, 2.05) is 6.07 Å². The summed E-state index contributed by atoms with van der Waals surface area (Å²) < 4.78 is 54.1. The number of halogens is 2. The molecule has 1 N–H and O–H groups in total. The fraction of sp³-hybridized carbons (Fsp3) is 0.417. The molecule has 0 radical (unpaired) electrons. The number of carbonyl (C=O) groups is 2. The number of carbonyl (C=O) groups excluding carboxylic acids is 2. The minimum Gasteiger partial charge on any atom is -0.349 e. The van der Waals surface area contributed by atoms with Crippen molar-refractivity contribution in [3.05, 3.63) is 65.7 Å². The molecule has 4 rings (SSSR count). The molecule has 2 aliphatic heterocycles. The Morgan fingerprint density at radius 3 is 2.18 bits per heavy atom. The minimum atomic E-state index is -4.18. The largest absolute Gasteiger partial charge is 0.349 e. The van der Waals surface area contributed by atoms with E-state index in [0.717, 1.165) is 16.4 Å². The average Bonchev–Trinajstić information content (AvgIpc) is 2.86. The second kappa shape index (κ2) is 10.2. The molecule has 0 bridgehead atoms. The maximum Gasteiger partial charge on any atom is 0.251 e. The van der Waals surface area contributed by atoms with Crippen LogP contribution in [0.1, 0.15) is 36.0 Å². The first kappa shape index (κ1) is 24.3. The predicted octanol–water partition coefficient (Wildman–Crippen LogP) is 2.79. The number of piperidine rings is 2. The maximum absolute atomic E-state index is 14.0. The number of likely N-dealkylation sites (tertiary alicyclic amines) is 1. The van der Waals surface area contributed by atoms with Crippen molar-refractivity contribution in [3.63, 3.8) is 0 Å². The van der Waals surface area contributed by atoms with E-state index < -0.39 is 26.6 Å². The lowest BCUT2D eigenvalue weighted by atomic mass is 9.94. The first-order valence-corrected chi connectivity index (χ1v) is 12.8. The third-order valence-electron chi connectivity index (χ3n) is 6.49. The van der Waals surface area contributed by atoms with Gasteiger partial charge in [-0.2, -0.15) is 4.31 Å². The van der Waals surface area contributed by atoms with Gasteiger partial charge >= 0.3 is 0 Å². The molecule has 2 aliphatic rings. The molecule has 2 fully saturated rings. The molecular formula is C24H27F2N3O4S. The number of nitrogens with one attached hydrogen (secondary N) is 1. The summed E-state index contributed by atoms with van der Waals surface area (Å²) in [5, 5.41) is 3.01. The molecule has 10 heteroatoms. The zero-order chi connectivity index (χ0) is 24.3. The van der Waals surface area contributed by atoms with Gasteiger partial charge in [-0.1, -0.05) is 18.2 Å². The van der Waals surface area contributed by atoms with E-state index >= 15 is 0 Å². The van der Waals surface area contributed by atoms with Gasteiger partial charge in [0.05, 0.1) is 0 Å². The molecule has 2 saturated heterocycles. The van der Waals surface area contributed by atoms with Crippen LogP contribution in [0.25, 0.3) is 0 Å². The Balaban J connectivity index is 1.28. The van der Waals surface area contributed by atoms with Gasteiger partial charge in [-0.3, -0.25) is 9.59 Å². The van der Waals surface area contributed by atoms with Crippen LogP contribution in [0.5, 0.6) is 0 Å². The second-order valence-electron chi connectivity index (χ2n) is 8.69. The van der Waals surface area contributed by atoms with Crippen molar-refractivity contribution in [3.8, 4) is 0 Å². The van der Waals surface area contributed by atoms with Crippen molar-refractivity contribution < 1.29 is 26.8 Å². The van der Waals surface area contributed by atoms with Gasteiger partial charge in [-0.15, -0.1) is 0 Å². The van der Waals surface area contributed by atoms with Gasteiger partial charge in [-0.25, -0.2) is 17.2 Å². The van der Waals surface area contributed by atoms with E-state index in [0.29, 0.717) is 50.4 Å². The van der Waals surface area contributed by atoms with Gasteiger partial charge in [0.15, 0.2) is 0 Å². The van der Waals surface area contributed by atoms with Crippen molar-refractivity contribution in [2.75, 3.05) is 26.2 Å².